The van der Waals surface area contributed by atoms with E-state index in [1.807, 2.05) is 0 Å². The van der Waals surface area contributed by atoms with Crippen LogP contribution in [-0.2, 0) is 24.1 Å². The van der Waals surface area contributed by atoms with Gasteiger partial charge in [0.2, 0.25) is 5.91 Å². The molecule has 5 rings (SSSR count). The van der Waals surface area contributed by atoms with E-state index in [-0.39, 0.29) is 11.9 Å². The van der Waals surface area contributed by atoms with Gasteiger partial charge in [0, 0.05) is 10.3 Å². The predicted molar refractivity (Wildman–Crippen MR) is 110 cm³/mol. The fourth-order valence-corrected chi connectivity index (χ4v) is 6.41. The quantitative estimate of drug-likeness (QED) is 0.523. The van der Waals surface area contributed by atoms with E-state index in [0.29, 0.717) is 5.75 Å². The third kappa shape index (κ3) is 3.25. The van der Waals surface area contributed by atoms with E-state index in [1.165, 1.54) is 33.4 Å². The highest BCUT2D eigenvalue weighted by Gasteiger charge is 2.23. The summed E-state index contributed by atoms with van der Waals surface area (Å²) in [5.41, 5.74) is 4.06. The van der Waals surface area contributed by atoms with Crippen LogP contribution in [0.4, 0.5) is 0 Å². The van der Waals surface area contributed by atoms with Gasteiger partial charge in [-0.3, -0.25) is 4.79 Å². The van der Waals surface area contributed by atoms with Crippen molar-refractivity contribution in [3.05, 3.63) is 52.2 Å². The molecule has 0 radical (unpaired) electrons. The number of nitrogens with zero attached hydrogens (tertiary/aromatic N) is 2. The van der Waals surface area contributed by atoms with Gasteiger partial charge in [0.05, 0.1) is 11.8 Å². The van der Waals surface area contributed by atoms with Crippen molar-refractivity contribution >= 4 is 39.2 Å². The number of benzene rings is 1. The number of carbonyl (C=O) groups excluding carboxylic acids is 1. The summed E-state index contributed by atoms with van der Waals surface area (Å²) in [6.07, 6.45) is 8.37. The van der Waals surface area contributed by atoms with Gasteiger partial charge in [-0.15, -0.1) is 11.3 Å². The zero-order chi connectivity index (χ0) is 18.2. The Morgan fingerprint density at radius 2 is 2.11 bits per heavy atom. The van der Waals surface area contributed by atoms with Crippen molar-refractivity contribution in [2.45, 2.75) is 49.6 Å². The molecule has 1 N–H and O–H groups in total. The lowest BCUT2D eigenvalue weighted by atomic mass is 9.88. The molecule has 2 aliphatic carbocycles. The number of rotatable bonds is 4. The van der Waals surface area contributed by atoms with Gasteiger partial charge in [-0.05, 0) is 55.2 Å². The van der Waals surface area contributed by atoms with Crippen LogP contribution in [0.2, 0.25) is 0 Å². The first-order valence-corrected chi connectivity index (χ1v) is 11.3. The second kappa shape index (κ2) is 7.24. The average Bonchev–Trinajstić information content (AvgIpc) is 3.28. The Hall–Kier alpha value is -1.92. The largest absolute Gasteiger partial charge is 0.349 e. The van der Waals surface area contributed by atoms with Crippen LogP contribution in [0.25, 0.3) is 10.2 Å². The number of thioether (sulfide) groups is 1. The van der Waals surface area contributed by atoms with E-state index in [2.05, 4.69) is 39.6 Å². The molecular formula is C21H21N3OS2. The summed E-state index contributed by atoms with van der Waals surface area (Å²) in [6.45, 7) is 0. The number of hydrogen-bond acceptors (Lipinski definition) is 5. The van der Waals surface area contributed by atoms with Crippen molar-refractivity contribution in [1.82, 2.24) is 15.3 Å². The number of aromatic nitrogens is 2. The topological polar surface area (TPSA) is 54.9 Å². The second-order valence-corrected chi connectivity index (χ2v) is 9.26. The molecule has 0 saturated heterocycles. The minimum absolute atomic E-state index is 0.0836. The van der Waals surface area contributed by atoms with Crippen molar-refractivity contribution < 1.29 is 4.79 Å². The van der Waals surface area contributed by atoms with Crippen molar-refractivity contribution in [2.24, 2.45) is 0 Å². The zero-order valence-electron chi connectivity index (χ0n) is 15.0. The SMILES string of the molecule is O=C(CSc1ncnc2sc3c(c12)CCC3)NC1CCCc2ccccc21. The lowest BCUT2D eigenvalue weighted by Crippen LogP contribution is -2.32. The van der Waals surface area contributed by atoms with Crippen molar-refractivity contribution in [3.8, 4) is 0 Å². The minimum atomic E-state index is 0.0836. The van der Waals surface area contributed by atoms with E-state index < -0.39 is 0 Å². The molecule has 4 nitrogen and oxygen atoms in total. The van der Waals surface area contributed by atoms with E-state index in [9.17, 15) is 4.79 Å². The lowest BCUT2D eigenvalue weighted by Gasteiger charge is -2.26. The average molecular weight is 396 g/mol. The Kier molecular flexibility index (Phi) is 4.61. The maximum atomic E-state index is 12.6. The molecule has 27 heavy (non-hydrogen) atoms. The highest BCUT2D eigenvalue weighted by Crippen LogP contribution is 2.40. The number of nitrogens with one attached hydrogen (secondary N) is 1. The fraction of sp³-hybridized carbons (Fsp3) is 0.381. The number of amides is 1. The molecule has 0 aliphatic heterocycles. The predicted octanol–water partition coefficient (Wildman–Crippen LogP) is 4.47. The van der Waals surface area contributed by atoms with E-state index >= 15 is 0 Å². The van der Waals surface area contributed by atoms with Crippen LogP contribution < -0.4 is 5.32 Å². The standard InChI is InChI=1S/C21H21N3OS2/c25-18(24-16-9-3-6-13-5-1-2-7-14(13)16)11-26-20-19-15-8-4-10-17(15)27-21(19)23-12-22-20/h1-2,5,7,12,16H,3-4,6,8-11H2,(H,24,25). The van der Waals surface area contributed by atoms with Gasteiger partial charge in [0.1, 0.15) is 16.2 Å². The van der Waals surface area contributed by atoms with Crippen molar-refractivity contribution in [1.29, 1.82) is 0 Å². The summed E-state index contributed by atoms with van der Waals surface area (Å²) < 4.78 is 0. The Bertz CT molecular complexity index is 1010. The van der Waals surface area contributed by atoms with Gasteiger partial charge in [0.15, 0.2) is 0 Å². The first kappa shape index (κ1) is 17.2. The molecule has 1 amide bonds. The molecule has 0 spiro atoms. The molecule has 0 saturated carbocycles. The highest BCUT2D eigenvalue weighted by atomic mass is 32.2. The van der Waals surface area contributed by atoms with Crippen molar-refractivity contribution in [3.63, 3.8) is 0 Å². The third-order valence-electron chi connectivity index (χ3n) is 5.51. The molecule has 6 heteroatoms. The van der Waals surface area contributed by atoms with Gasteiger partial charge in [-0.1, -0.05) is 36.0 Å². The van der Waals surface area contributed by atoms with Gasteiger partial charge in [-0.25, -0.2) is 9.97 Å². The first-order chi connectivity index (χ1) is 13.3. The molecule has 1 aromatic carbocycles. The lowest BCUT2D eigenvalue weighted by molar-refractivity contribution is -0.119. The number of carbonyl (C=O) groups is 1. The minimum Gasteiger partial charge on any atom is -0.349 e. The molecule has 1 atom stereocenters. The van der Waals surface area contributed by atoms with Crippen LogP contribution in [0, 0.1) is 0 Å². The molecule has 1 unspecified atom stereocenters. The van der Waals surface area contributed by atoms with Gasteiger partial charge >= 0.3 is 0 Å². The van der Waals surface area contributed by atoms with Crippen LogP contribution in [0.1, 0.15) is 46.9 Å². The molecule has 2 aliphatic rings. The summed E-state index contributed by atoms with van der Waals surface area (Å²) in [6, 6.07) is 8.61. The van der Waals surface area contributed by atoms with Crippen LogP contribution in [-0.4, -0.2) is 21.6 Å². The van der Waals surface area contributed by atoms with E-state index in [1.54, 1.807) is 29.4 Å². The number of fused-ring (bicyclic) bond motifs is 4. The van der Waals surface area contributed by atoms with Gasteiger partial charge in [0.25, 0.3) is 0 Å². The van der Waals surface area contributed by atoms with Gasteiger partial charge < -0.3 is 5.32 Å². The summed E-state index contributed by atoms with van der Waals surface area (Å²) >= 11 is 3.33. The Morgan fingerprint density at radius 3 is 3.07 bits per heavy atom. The molecule has 2 heterocycles. The van der Waals surface area contributed by atoms with Crippen molar-refractivity contribution in [2.75, 3.05) is 5.75 Å². The van der Waals surface area contributed by atoms with Gasteiger partial charge in [-0.2, -0.15) is 0 Å². The second-order valence-electron chi connectivity index (χ2n) is 7.22. The summed E-state index contributed by atoms with van der Waals surface area (Å²) in [4.78, 5) is 24.1. The van der Waals surface area contributed by atoms with Crippen LogP contribution >= 0.6 is 23.1 Å². The molecule has 3 aromatic rings. The molecular weight excluding hydrogens is 374 g/mol. The molecule has 2 aromatic heterocycles. The van der Waals surface area contributed by atoms with Crippen LogP contribution in [0.5, 0.6) is 0 Å². The number of aryl methyl sites for hydroxylation is 3. The maximum absolute atomic E-state index is 12.6. The summed E-state index contributed by atoms with van der Waals surface area (Å²) in [5.74, 6) is 0.482. The Balaban J connectivity index is 1.30. The van der Waals surface area contributed by atoms with E-state index in [0.717, 1.165) is 42.0 Å². The highest BCUT2D eigenvalue weighted by molar-refractivity contribution is 8.00. The maximum Gasteiger partial charge on any atom is 0.230 e. The van der Waals surface area contributed by atoms with Crippen LogP contribution in [0.15, 0.2) is 35.6 Å². The Labute approximate surface area is 166 Å². The van der Waals surface area contributed by atoms with Crippen LogP contribution in [0.3, 0.4) is 0 Å². The number of hydrogen-bond donors (Lipinski definition) is 1. The summed E-state index contributed by atoms with van der Waals surface area (Å²) in [7, 11) is 0. The normalized spacial score (nSPS) is 18.3. The molecule has 0 fully saturated rings. The molecule has 0 bridgehead atoms. The molecule has 138 valence electrons. The Morgan fingerprint density at radius 1 is 1.19 bits per heavy atom. The smallest absolute Gasteiger partial charge is 0.230 e. The first-order valence-electron chi connectivity index (χ1n) is 9.55. The number of thiophene rings is 1. The van der Waals surface area contributed by atoms with E-state index in [4.69, 9.17) is 0 Å². The zero-order valence-corrected chi connectivity index (χ0v) is 16.7. The fourth-order valence-electron chi connectivity index (χ4n) is 4.28. The monoisotopic (exact) mass is 395 g/mol. The summed E-state index contributed by atoms with van der Waals surface area (Å²) in [5, 5.41) is 5.39. The third-order valence-corrected chi connectivity index (χ3v) is 7.70.